The Morgan fingerprint density at radius 2 is 1.62 bits per heavy atom. The number of benzene rings is 4. The molecule has 2 aromatic heterocycles. The maximum Gasteiger partial charge on any atom is 0.247 e. The Morgan fingerprint density at radius 1 is 0.900 bits per heavy atom. The van der Waals surface area contributed by atoms with Crippen molar-refractivity contribution in [3.63, 3.8) is 0 Å². The first-order valence-electron chi connectivity index (χ1n) is 16.5. The van der Waals surface area contributed by atoms with E-state index in [1.807, 2.05) is 77.4 Å². The van der Waals surface area contributed by atoms with Crippen molar-refractivity contribution in [2.24, 2.45) is 0 Å². The van der Waals surface area contributed by atoms with Crippen molar-refractivity contribution in [1.29, 1.82) is 0 Å². The molecule has 1 aliphatic heterocycles. The molecule has 0 atom stereocenters. The van der Waals surface area contributed by atoms with Crippen LogP contribution in [0.1, 0.15) is 11.1 Å². The van der Waals surface area contributed by atoms with E-state index in [1.165, 1.54) is 6.08 Å². The lowest BCUT2D eigenvalue weighted by Gasteiger charge is -2.30. The fraction of sp³-hybridized carbons (Fsp3) is 0.179. The van der Waals surface area contributed by atoms with E-state index < -0.39 is 0 Å². The minimum absolute atomic E-state index is 0.290. The first-order chi connectivity index (χ1) is 24.6. The molecule has 6 aromatic rings. The van der Waals surface area contributed by atoms with E-state index in [0.717, 1.165) is 47.0 Å². The van der Waals surface area contributed by atoms with Crippen LogP contribution in [0.4, 0.5) is 28.8 Å². The summed E-state index contributed by atoms with van der Waals surface area (Å²) in [6.07, 6.45) is 2.98. The summed E-state index contributed by atoms with van der Waals surface area (Å²) in [5.74, 6) is 1.53. The van der Waals surface area contributed by atoms with Gasteiger partial charge in [-0.05, 0) is 47.5 Å². The molecule has 1 amide bonds. The van der Waals surface area contributed by atoms with Crippen LogP contribution >= 0.6 is 0 Å². The van der Waals surface area contributed by atoms with E-state index in [2.05, 4.69) is 57.3 Å². The Labute approximate surface area is 290 Å². The number of nitrogens with one attached hydrogen (secondary N) is 2. The van der Waals surface area contributed by atoms with E-state index in [4.69, 9.17) is 24.4 Å². The van der Waals surface area contributed by atoms with E-state index in [9.17, 15) is 4.79 Å². The van der Waals surface area contributed by atoms with Gasteiger partial charge < -0.3 is 29.9 Å². The van der Waals surface area contributed by atoms with Crippen LogP contribution in [0.15, 0.2) is 122 Å². The molecular formula is C39H38N8O3. The molecule has 252 valence electrons. The highest BCUT2D eigenvalue weighted by atomic mass is 16.5. The van der Waals surface area contributed by atoms with Crippen molar-refractivity contribution >= 4 is 45.9 Å². The largest absolute Gasteiger partial charge is 0.495 e. The number of carbonyl (C=O) groups excluding carboxylic acids is 1. The third-order valence-corrected chi connectivity index (χ3v) is 8.47. The van der Waals surface area contributed by atoms with Crippen LogP contribution in [0, 0.1) is 0 Å². The molecule has 11 heteroatoms. The number of morpholine rings is 1. The van der Waals surface area contributed by atoms with Gasteiger partial charge in [0.1, 0.15) is 12.1 Å². The van der Waals surface area contributed by atoms with Gasteiger partial charge in [-0.15, -0.1) is 0 Å². The number of hydrogen-bond acceptors (Lipinski definition) is 9. The number of hydrogen-bond donors (Lipinski definition) is 2. The van der Waals surface area contributed by atoms with Gasteiger partial charge in [-0.3, -0.25) is 9.36 Å². The second kappa shape index (κ2) is 14.9. The average Bonchev–Trinajstić information content (AvgIpc) is 3.59. The number of carbonyl (C=O) groups is 1. The molecule has 11 nitrogen and oxygen atoms in total. The van der Waals surface area contributed by atoms with Gasteiger partial charge in [0, 0.05) is 43.6 Å². The topological polar surface area (TPSA) is 110 Å². The quantitative estimate of drug-likeness (QED) is 0.137. The molecule has 50 heavy (non-hydrogen) atoms. The van der Waals surface area contributed by atoms with Crippen LogP contribution in [-0.4, -0.2) is 58.8 Å². The Balaban J connectivity index is 1.33. The second-order valence-electron chi connectivity index (χ2n) is 11.8. The summed E-state index contributed by atoms with van der Waals surface area (Å²) in [5, 5.41) is 6.30. The summed E-state index contributed by atoms with van der Waals surface area (Å²) in [7, 11) is 1.68. The molecule has 7 rings (SSSR count). The number of amides is 1. The normalized spacial score (nSPS) is 12.8. The van der Waals surface area contributed by atoms with Gasteiger partial charge in [-0.25, -0.2) is 4.98 Å². The zero-order valence-corrected chi connectivity index (χ0v) is 27.8. The lowest BCUT2D eigenvalue weighted by atomic mass is 10.1. The second-order valence-corrected chi connectivity index (χ2v) is 11.8. The van der Waals surface area contributed by atoms with Crippen molar-refractivity contribution < 1.29 is 14.3 Å². The molecule has 0 unspecified atom stereocenters. The van der Waals surface area contributed by atoms with Crippen molar-refractivity contribution in [2.45, 2.75) is 13.1 Å². The van der Waals surface area contributed by atoms with E-state index >= 15 is 0 Å². The Morgan fingerprint density at radius 3 is 2.30 bits per heavy atom. The Hall–Kier alpha value is -6.20. The maximum absolute atomic E-state index is 12.1. The fourth-order valence-electron chi connectivity index (χ4n) is 6.04. The van der Waals surface area contributed by atoms with Crippen LogP contribution in [0.5, 0.6) is 5.75 Å². The summed E-state index contributed by atoms with van der Waals surface area (Å²) >= 11 is 0. The molecule has 0 radical (unpaired) electrons. The zero-order valence-electron chi connectivity index (χ0n) is 27.8. The number of aromatic nitrogens is 4. The number of fused-ring (bicyclic) bond motifs is 1. The number of rotatable bonds is 12. The van der Waals surface area contributed by atoms with Crippen molar-refractivity contribution in [3.8, 4) is 11.4 Å². The van der Waals surface area contributed by atoms with Crippen LogP contribution in [0.25, 0.3) is 16.9 Å². The van der Waals surface area contributed by atoms with Gasteiger partial charge in [0.05, 0.1) is 31.7 Å². The monoisotopic (exact) mass is 666 g/mol. The minimum Gasteiger partial charge on any atom is -0.495 e. The van der Waals surface area contributed by atoms with Crippen molar-refractivity contribution in [1.82, 2.24) is 19.5 Å². The zero-order chi connectivity index (χ0) is 34.3. The number of ether oxygens (including phenoxy) is 2. The molecule has 4 aromatic carbocycles. The van der Waals surface area contributed by atoms with E-state index in [-0.39, 0.29) is 5.91 Å². The highest BCUT2D eigenvalue weighted by Crippen LogP contribution is 2.34. The van der Waals surface area contributed by atoms with Crippen LogP contribution < -0.4 is 25.2 Å². The smallest absolute Gasteiger partial charge is 0.247 e. The maximum atomic E-state index is 12.1. The van der Waals surface area contributed by atoms with Crippen LogP contribution in [0.2, 0.25) is 0 Å². The molecule has 0 spiro atoms. The standard InChI is InChI=1S/C39H38N8O3/c1-3-35(48)41-30-15-10-16-32(23-30)47-27-40-36-37(46(25-28-11-6-4-7-12-28)26-29-13-8-5-9-14-29)43-39(44-38(36)47)42-31-17-18-33(34(24-31)49-2)45-19-21-50-22-20-45/h3-18,23-24,27H,1,19-22,25-26H2,2H3,(H,41,48)(H,42,43,44). The third kappa shape index (κ3) is 7.27. The summed E-state index contributed by atoms with van der Waals surface area (Å²) in [4.78, 5) is 31.6. The lowest BCUT2D eigenvalue weighted by molar-refractivity contribution is -0.111. The average molecular weight is 667 g/mol. The lowest BCUT2D eigenvalue weighted by Crippen LogP contribution is -2.36. The van der Waals surface area contributed by atoms with Gasteiger partial charge >= 0.3 is 0 Å². The third-order valence-electron chi connectivity index (χ3n) is 8.47. The molecule has 1 fully saturated rings. The van der Waals surface area contributed by atoms with Crippen LogP contribution in [0.3, 0.4) is 0 Å². The molecular weight excluding hydrogens is 628 g/mol. The number of nitrogens with zero attached hydrogens (tertiary/aromatic N) is 6. The number of anilines is 5. The van der Waals surface area contributed by atoms with E-state index in [1.54, 1.807) is 13.4 Å². The Kier molecular flexibility index (Phi) is 9.65. The predicted octanol–water partition coefficient (Wildman–Crippen LogP) is 6.74. The SMILES string of the molecule is C=CC(=O)Nc1cccc(-n2cnc3c(N(Cc4ccccc4)Cc4ccccc4)nc(Nc4ccc(N5CCOCC5)c(OC)c4)nc32)c1. The summed E-state index contributed by atoms with van der Waals surface area (Å²) in [6, 6.07) is 34.2. The number of imidazole rings is 1. The molecule has 1 saturated heterocycles. The van der Waals surface area contributed by atoms with Crippen LogP contribution in [-0.2, 0) is 22.6 Å². The molecule has 0 aliphatic carbocycles. The molecule has 0 bridgehead atoms. The minimum atomic E-state index is -0.290. The predicted molar refractivity (Wildman–Crippen MR) is 198 cm³/mol. The first-order valence-corrected chi connectivity index (χ1v) is 16.5. The van der Waals surface area contributed by atoms with Gasteiger partial charge in [0.15, 0.2) is 17.0 Å². The molecule has 2 N–H and O–H groups in total. The van der Waals surface area contributed by atoms with Crippen molar-refractivity contribution in [3.05, 3.63) is 133 Å². The summed E-state index contributed by atoms with van der Waals surface area (Å²) in [5.41, 5.74) is 6.72. The summed E-state index contributed by atoms with van der Waals surface area (Å²) < 4.78 is 13.3. The van der Waals surface area contributed by atoms with Gasteiger partial charge in [-0.1, -0.05) is 73.3 Å². The molecule has 3 heterocycles. The highest BCUT2D eigenvalue weighted by molar-refractivity contribution is 5.99. The van der Waals surface area contributed by atoms with Crippen molar-refractivity contribution in [2.75, 3.05) is 53.8 Å². The Bertz CT molecular complexity index is 2050. The molecule has 0 saturated carbocycles. The van der Waals surface area contributed by atoms with E-state index in [0.29, 0.717) is 54.9 Å². The summed E-state index contributed by atoms with van der Waals surface area (Å²) in [6.45, 7) is 7.72. The first kappa shape index (κ1) is 32.4. The van der Waals surface area contributed by atoms with Gasteiger partial charge in [0.25, 0.3) is 0 Å². The fourth-order valence-corrected chi connectivity index (χ4v) is 6.04. The number of methoxy groups -OCH3 is 1. The van der Waals surface area contributed by atoms with Gasteiger partial charge in [-0.2, -0.15) is 9.97 Å². The van der Waals surface area contributed by atoms with Gasteiger partial charge in [0.2, 0.25) is 11.9 Å². The molecule has 1 aliphatic rings. The highest BCUT2D eigenvalue weighted by Gasteiger charge is 2.22.